The largest absolute Gasteiger partial charge is 0.494 e. The highest BCUT2D eigenvalue weighted by atomic mass is 19.1. The molecule has 0 bridgehead atoms. The van der Waals surface area contributed by atoms with Crippen molar-refractivity contribution in [2.24, 2.45) is 0 Å². The third-order valence-electron chi connectivity index (χ3n) is 5.81. The molecule has 0 fully saturated rings. The number of fused-ring (bicyclic) bond motifs is 3. The third-order valence-corrected chi connectivity index (χ3v) is 5.81. The molecule has 158 valence electrons. The van der Waals surface area contributed by atoms with Crippen LogP contribution in [0.1, 0.15) is 69.4 Å². The Morgan fingerprint density at radius 3 is 1.83 bits per heavy atom. The zero-order valence-electron chi connectivity index (χ0n) is 17.7. The van der Waals surface area contributed by atoms with Crippen molar-refractivity contribution in [3.63, 3.8) is 0 Å². The summed E-state index contributed by atoms with van der Waals surface area (Å²) in [6.07, 6.45) is 10.7. The number of unbranched alkanes of at least 4 members (excludes halogenated alkanes) is 7. The molecule has 0 heterocycles. The van der Waals surface area contributed by atoms with Gasteiger partial charge in [-0.3, -0.25) is 0 Å². The summed E-state index contributed by atoms with van der Waals surface area (Å²) >= 11 is 0. The maximum Gasteiger partial charge on any atom is 0.168 e. The van der Waals surface area contributed by atoms with Gasteiger partial charge in [-0.2, -0.15) is 0 Å². The van der Waals surface area contributed by atoms with Crippen molar-refractivity contribution in [1.82, 2.24) is 0 Å². The average molecular weight is 403 g/mol. The highest BCUT2D eigenvalue weighted by Crippen LogP contribution is 2.40. The number of hydrogen-bond donors (Lipinski definition) is 0. The van der Waals surface area contributed by atoms with Gasteiger partial charge in [-0.25, -0.2) is 8.78 Å². The Morgan fingerprint density at radius 2 is 1.24 bits per heavy atom. The second kappa shape index (κ2) is 10.6. The maximum atomic E-state index is 15.0. The third kappa shape index (κ3) is 5.09. The van der Waals surface area contributed by atoms with Crippen molar-refractivity contribution in [1.29, 1.82) is 0 Å². The summed E-state index contributed by atoms with van der Waals surface area (Å²) in [5.74, 6) is -0.0999. The number of ether oxygens (including phenoxy) is 2. The summed E-state index contributed by atoms with van der Waals surface area (Å²) in [4.78, 5) is 0. The van der Waals surface area contributed by atoms with Crippen LogP contribution in [0, 0.1) is 11.6 Å². The van der Waals surface area contributed by atoms with Gasteiger partial charge in [0, 0.05) is 0 Å². The van der Waals surface area contributed by atoms with Crippen LogP contribution >= 0.6 is 0 Å². The smallest absolute Gasteiger partial charge is 0.168 e. The first-order chi connectivity index (χ1) is 14.2. The van der Waals surface area contributed by atoms with E-state index in [-0.39, 0.29) is 17.4 Å². The molecule has 4 heteroatoms. The lowest BCUT2D eigenvalue weighted by atomic mass is 9.84. The topological polar surface area (TPSA) is 18.5 Å². The molecule has 1 aliphatic rings. The van der Waals surface area contributed by atoms with Gasteiger partial charge in [-0.15, -0.1) is 0 Å². The molecule has 0 amide bonds. The minimum atomic E-state index is -0.342. The van der Waals surface area contributed by atoms with Gasteiger partial charge in [0.15, 0.2) is 23.1 Å². The normalized spacial score (nSPS) is 12.4. The fourth-order valence-corrected chi connectivity index (χ4v) is 4.13. The second-order valence-corrected chi connectivity index (χ2v) is 7.84. The highest BCUT2D eigenvalue weighted by molar-refractivity contribution is 5.75. The summed E-state index contributed by atoms with van der Waals surface area (Å²) in [7, 11) is 1.46. The number of halogens is 2. The fourth-order valence-electron chi connectivity index (χ4n) is 4.13. The van der Waals surface area contributed by atoms with Crippen LogP contribution < -0.4 is 9.47 Å². The van der Waals surface area contributed by atoms with Gasteiger partial charge in [-0.05, 0) is 53.6 Å². The number of rotatable bonds is 11. The second-order valence-electron chi connectivity index (χ2n) is 7.84. The summed E-state index contributed by atoms with van der Waals surface area (Å²) < 4.78 is 40.3. The number of methoxy groups -OCH3 is 1. The molecule has 1 aliphatic carbocycles. The van der Waals surface area contributed by atoms with Crippen LogP contribution in [0.5, 0.6) is 11.5 Å². The van der Waals surface area contributed by atoms with Gasteiger partial charge in [0.2, 0.25) is 0 Å². The molecule has 2 nitrogen and oxygen atoms in total. The van der Waals surface area contributed by atoms with E-state index in [0.29, 0.717) is 36.3 Å². The zero-order valence-corrected chi connectivity index (χ0v) is 17.7. The van der Waals surface area contributed by atoms with E-state index in [1.165, 1.54) is 45.6 Å². The standard InChI is InChI=1S/C25H32F2O2/c1-3-4-5-6-7-8-9-10-17-29-23-16-14-19-18-13-15-22(28-2)24(26)20(18)11-12-21(19)25(23)27/h13-16H,3-12,17H2,1-2H3. The van der Waals surface area contributed by atoms with Crippen molar-refractivity contribution in [2.45, 2.75) is 71.1 Å². The van der Waals surface area contributed by atoms with Crippen molar-refractivity contribution in [3.8, 4) is 22.6 Å². The molecule has 0 aromatic heterocycles. The zero-order chi connectivity index (χ0) is 20.6. The molecular formula is C25H32F2O2. The highest BCUT2D eigenvalue weighted by Gasteiger charge is 2.25. The van der Waals surface area contributed by atoms with Gasteiger partial charge in [-0.1, -0.05) is 64.0 Å². The lowest BCUT2D eigenvalue weighted by Gasteiger charge is -2.23. The molecule has 2 aromatic carbocycles. The van der Waals surface area contributed by atoms with Crippen molar-refractivity contribution in [2.75, 3.05) is 13.7 Å². The lowest BCUT2D eigenvalue weighted by molar-refractivity contribution is 0.289. The van der Waals surface area contributed by atoms with E-state index in [0.717, 1.165) is 24.0 Å². The van der Waals surface area contributed by atoms with E-state index in [9.17, 15) is 8.78 Å². The molecule has 0 N–H and O–H groups in total. The molecule has 0 saturated carbocycles. The van der Waals surface area contributed by atoms with Crippen LogP contribution in [0.4, 0.5) is 8.78 Å². The monoisotopic (exact) mass is 402 g/mol. The van der Waals surface area contributed by atoms with E-state index < -0.39 is 0 Å². The van der Waals surface area contributed by atoms with Gasteiger partial charge in [0.25, 0.3) is 0 Å². The number of benzene rings is 2. The van der Waals surface area contributed by atoms with Crippen molar-refractivity contribution in [3.05, 3.63) is 47.0 Å². The van der Waals surface area contributed by atoms with Crippen molar-refractivity contribution >= 4 is 0 Å². The SMILES string of the molecule is CCCCCCCCCCOc1ccc2c(c1F)CCc1c-2ccc(OC)c1F. The predicted molar refractivity (Wildman–Crippen MR) is 114 cm³/mol. The van der Waals surface area contributed by atoms with Crippen LogP contribution in [0.15, 0.2) is 24.3 Å². The molecule has 29 heavy (non-hydrogen) atoms. The molecule has 0 radical (unpaired) electrons. The van der Waals surface area contributed by atoms with E-state index >= 15 is 0 Å². The minimum absolute atomic E-state index is 0.234. The van der Waals surface area contributed by atoms with Gasteiger partial charge in [0.05, 0.1) is 13.7 Å². The minimum Gasteiger partial charge on any atom is -0.494 e. The van der Waals surface area contributed by atoms with Crippen LogP contribution in [0.25, 0.3) is 11.1 Å². The Morgan fingerprint density at radius 1 is 0.724 bits per heavy atom. The summed E-state index contributed by atoms with van der Waals surface area (Å²) in [6.45, 7) is 2.76. The van der Waals surface area contributed by atoms with Gasteiger partial charge < -0.3 is 9.47 Å². The summed E-state index contributed by atoms with van der Waals surface area (Å²) in [5, 5.41) is 0. The Hall–Kier alpha value is -2.10. The Kier molecular flexibility index (Phi) is 7.91. The van der Waals surface area contributed by atoms with Crippen LogP contribution in [0.3, 0.4) is 0 Å². The Bertz CT molecular complexity index is 817. The molecule has 0 unspecified atom stereocenters. The lowest BCUT2D eigenvalue weighted by Crippen LogP contribution is -2.10. The first-order valence-corrected chi connectivity index (χ1v) is 11.0. The fraction of sp³-hybridized carbons (Fsp3) is 0.520. The quantitative estimate of drug-likeness (QED) is 0.368. The predicted octanol–water partition coefficient (Wildman–Crippen LogP) is 7.26. The Labute approximate surface area is 173 Å². The first kappa shape index (κ1) is 21.6. The van der Waals surface area contributed by atoms with E-state index in [2.05, 4.69) is 6.92 Å². The molecule has 0 spiro atoms. The van der Waals surface area contributed by atoms with Gasteiger partial charge in [0.1, 0.15) is 0 Å². The first-order valence-electron chi connectivity index (χ1n) is 11.0. The van der Waals surface area contributed by atoms with Crippen LogP contribution in [-0.4, -0.2) is 13.7 Å². The van der Waals surface area contributed by atoms with Crippen LogP contribution in [0.2, 0.25) is 0 Å². The van der Waals surface area contributed by atoms with E-state index in [1.807, 2.05) is 12.1 Å². The van der Waals surface area contributed by atoms with E-state index in [1.54, 1.807) is 12.1 Å². The van der Waals surface area contributed by atoms with Gasteiger partial charge >= 0.3 is 0 Å². The molecule has 2 aromatic rings. The Balaban J connectivity index is 1.57. The molecule has 3 rings (SSSR count). The molecule has 0 aliphatic heterocycles. The molecule has 0 saturated heterocycles. The van der Waals surface area contributed by atoms with E-state index in [4.69, 9.17) is 9.47 Å². The van der Waals surface area contributed by atoms with Crippen molar-refractivity contribution < 1.29 is 18.3 Å². The molecular weight excluding hydrogens is 370 g/mol. The summed E-state index contributed by atoms with van der Waals surface area (Å²) in [5.41, 5.74) is 2.72. The molecule has 0 atom stereocenters. The van der Waals surface area contributed by atoms with Crippen LogP contribution in [-0.2, 0) is 12.8 Å². The number of hydrogen-bond acceptors (Lipinski definition) is 2. The average Bonchev–Trinajstić information content (AvgIpc) is 2.74. The maximum absolute atomic E-state index is 15.0. The summed E-state index contributed by atoms with van der Waals surface area (Å²) in [6, 6.07) is 6.95.